The number of methoxy groups -OCH3 is 1. The molecule has 0 fully saturated rings. The van der Waals surface area contributed by atoms with Gasteiger partial charge in [0.1, 0.15) is 0 Å². The minimum Gasteiger partial charge on any atom is -0.379 e. The summed E-state index contributed by atoms with van der Waals surface area (Å²) >= 11 is 1.81. The summed E-state index contributed by atoms with van der Waals surface area (Å²) in [6.07, 6.45) is 0. The van der Waals surface area contributed by atoms with Crippen molar-refractivity contribution >= 4 is 21.4 Å². The summed E-state index contributed by atoms with van der Waals surface area (Å²) < 4.78 is 6.45. The summed E-state index contributed by atoms with van der Waals surface area (Å²) in [6.45, 7) is 2.84. The van der Waals surface area contributed by atoms with E-state index in [-0.39, 0.29) is 0 Å². The molecule has 1 aromatic heterocycles. The van der Waals surface area contributed by atoms with Gasteiger partial charge in [-0.3, -0.25) is 0 Å². The van der Waals surface area contributed by atoms with Crippen LogP contribution in [0.3, 0.4) is 0 Å². The van der Waals surface area contributed by atoms with Crippen molar-refractivity contribution in [3.63, 3.8) is 0 Å². The second-order valence-corrected chi connectivity index (χ2v) is 4.36. The smallest absolute Gasteiger partial charge is 0.0806 e. The van der Waals surface area contributed by atoms with Crippen LogP contribution in [0.2, 0.25) is 0 Å². The van der Waals surface area contributed by atoms with Crippen LogP contribution < -0.4 is 0 Å². The lowest BCUT2D eigenvalue weighted by atomic mass is 10.2. The SMILES string of the molecule is COCc1cc2ccc(C)cc2s1. The van der Waals surface area contributed by atoms with Gasteiger partial charge in [-0.25, -0.2) is 0 Å². The number of thiophene rings is 1. The third kappa shape index (κ3) is 1.74. The summed E-state index contributed by atoms with van der Waals surface area (Å²) in [5.74, 6) is 0. The molecular weight excluding hydrogens is 180 g/mol. The van der Waals surface area contributed by atoms with E-state index in [1.54, 1.807) is 7.11 Å². The number of fused-ring (bicyclic) bond motifs is 1. The van der Waals surface area contributed by atoms with Crippen molar-refractivity contribution in [2.45, 2.75) is 13.5 Å². The lowest BCUT2D eigenvalue weighted by Gasteiger charge is -1.90. The number of ether oxygens (including phenoxy) is 1. The van der Waals surface area contributed by atoms with E-state index < -0.39 is 0 Å². The van der Waals surface area contributed by atoms with E-state index in [9.17, 15) is 0 Å². The van der Waals surface area contributed by atoms with Crippen LogP contribution >= 0.6 is 11.3 Å². The summed E-state index contributed by atoms with van der Waals surface area (Å²) in [5, 5.41) is 1.32. The normalized spacial score (nSPS) is 10.9. The Bertz CT molecular complexity index is 417. The molecule has 1 nitrogen and oxygen atoms in total. The molecule has 0 saturated heterocycles. The van der Waals surface area contributed by atoms with Crippen LogP contribution in [0.15, 0.2) is 24.3 Å². The lowest BCUT2D eigenvalue weighted by molar-refractivity contribution is 0.187. The van der Waals surface area contributed by atoms with Crippen LogP contribution in [-0.4, -0.2) is 7.11 Å². The molecule has 2 heteroatoms. The predicted octanol–water partition coefficient (Wildman–Crippen LogP) is 3.36. The summed E-state index contributed by atoms with van der Waals surface area (Å²) in [4.78, 5) is 1.29. The molecule has 68 valence electrons. The van der Waals surface area contributed by atoms with Gasteiger partial charge in [0.15, 0.2) is 0 Å². The first kappa shape index (κ1) is 8.73. The van der Waals surface area contributed by atoms with Gasteiger partial charge < -0.3 is 4.74 Å². The van der Waals surface area contributed by atoms with Crippen LogP contribution in [0.1, 0.15) is 10.4 Å². The van der Waals surface area contributed by atoms with Gasteiger partial charge in [-0.15, -0.1) is 11.3 Å². The lowest BCUT2D eigenvalue weighted by Crippen LogP contribution is -1.79. The van der Waals surface area contributed by atoms with E-state index in [1.165, 1.54) is 20.5 Å². The van der Waals surface area contributed by atoms with Crippen molar-refractivity contribution in [1.29, 1.82) is 0 Å². The average molecular weight is 192 g/mol. The van der Waals surface area contributed by atoms with E-state index in [0.717, 1.165) is 6.61 Å². The standard InChI is InChI=1S/C11H12OS/c1-8-3-4-9-6-10(7-12-2)13-11(9)5-8/h3-6H,7H2,1-2H3. The van der Waals surface area contributed by atoms with Gasteiger partial charge >= 0.3 is 0 Å². The second-order valence-electron chi connectivity index (χ2n) is 3.19. The molecule has 0 N–H and O–H groups in total. The zero-order valence-corrected chi connectivity index (χ0v) is 8.65. The van der Waals surface area contributed by atoms with Crippen molar-refractivity contribution in [1.82, 2.24) is 0 Å². The highest BCUT2D eigenvalue weighted by molar-refractivity contribution is 7.19. The Kier molecular flexibility index (Phi) is 2.34. The molecule has 1 heterocycles. The van der Waals surface area contributed by atoms with Crippen molar-refractivity contribution in [2.75, 3.05) is 7.11 Å². The van der Waals surface area contributed by atoms with Crippen LogP contribution in [-0.2, 0) is 11.3 Å². The Morgan fingerprint density at radius 1 is 1.31 bits per heavy atom. The summed E-state index contributed by atoms with van der Waals surface area (Å²) in [7, 11) is 1.73. The highest BCUT2D eigenvalue weighted by atomic mass is 32.1. The van der Waals surface area contributed by atoms with Crippen LogP contribution in [0.4, 0.5) is 0 Å². The predicted molar refractivity (Wildman–Crippen MR) is 57.3 cm³/mol. The molecule has 0 bridgehead atoms. The minimum absolute atomic E-state index is 0.721. The number of benzene rings is 1. The zero-order valence-electron chi connectivity index (χ0n) is 7.83. The third-order valence-electron chi connectivity index (χ3n) is 2.01. The first-order chi connectivity index (χ1) is 6.29. The van der Waals surface area contributed by atoms with Crippen LogP contribution in [0.25, 0.3) is 10.1 Å². The van der Waals surface area contributed by atoms with Crippen molar-refractivity contribution < 1.29 is 4.74 Å². The summed E-state index contributed by atoms with van der Waals surface area (Å²) in [6, 6.07) is 8.73. The number of hydrogen-bond acceptors (Lipinski definition) is 2. The Hall–Kier alpha value is -0.860. The summed E-state index contributed by atoms with van der Waals surface area (Å²) in [5.41, 5.74) is 1.32. The minimum atomic E-state index is 0.721. The number of aryl methyl sites for hydroxylation is 1. The number of rotatable bonds is 2. The Morgan fingerprint density at radius 2 is 2.15 bits per heavy atom. The molecule has 2 aromatic rings. The molecule has 0 spiro atoms. The van der Waals surface area contributed by atoms with E-state index in [4.69, 9.17) is 4.74 Å². The molecule has 2 rings (SSSR count). The monoisotopic (exact) mass is 192 g/mol. The van der Waals surface area contributed by atoms with Crippen molar-refractivity contribution in [3.8, 4) is 0 Å². The van der Waals surface area contributed by atoms with E-state index in [0.29, 0.717) is 0 Å². The van der Waals surface area contributed by atoms with Crippen LogP contribution in [0, 0.1) is 6.92 Å². The molecule has 0 atom stereocenters. The van der Waals surface area contributed by atoms with Crippen molar-refractivity contribution in [3.05, 3.63) is 34.7 Å². The molecule has 0 aliphatic rings. The average Bonchev–Trinajstić information content (AvgIpc) is 2.46. The fourth-order valence-corrected chi connectivity index (χ4v) is 2.54. The van der Waals surface area contributed by atoms with Gasteiger partial charge in [0, 0.05) is 16.7 Å². The molecular formula is C11H12OS. The second kappa shape index (κ2) is 3.48. The quantitative estimate of drug-likeness (QED) is 0.709. The maximum Gasteiger partial charge on any atom is 0.0806 e. The molecule has 0 aliphatic heterocycles. The van der Waals surface area contributed by atoms with Gasteiger partial charge in [-0.1, -0.05) is 12.1 Å². The molecule has 0 amide bonds. The maximum absolute atomic E-state index is 5.10. The fraction of sp³-hybridized carbons (Fsp3) is 0.273. The highest BCUT2D eigenvalue weighted by Crippen LogP contribution is 2.26. The van der Waals surface area contributed by atoms with E-state index in [2.05, 4.69) is 31.2 Å². The maximum atomic E-state index is 5.10. The number of hydrogen-bond donors (Lipinski definition) is 0. The van der Waals surface area contributed by atoms with Crippen molar-refractivity contribution in [2.24, 2.45) is 0 Å². The Morgan fingerprint density at radius 3 is 2.92 bits per heavy atom. The first-order valence-electron chi connectivity index (χ1n) is 4.27. The molecule has 1 aromatic carbocycles. The topological polar surface area (TPSA) is 9.23 Å². The Balaban J connectivity index is 2.49. The van der Waals surface area contributed by atoms with Gasteiger partial charge in [-0.05, 0) is 30.0 Å². The fourth-order valence-electron chi connectivity index (χ4n) is 1.41. The van der Waals surface area contributed by atoms with E-state index in [1.807, 2.05) is 11.3 Å². The Labute approximate surface area is 82.0 Å². The molecule has 13 heavy (non-hydrogen) atoms. The van der Waals surface area contributed by atoms with Crippen LogP contribution in [0.5, 0.6) is 0 Å². The van der Waals surface area contributed by atoms with E-state index >= 15 is 0 Å². The molecule has 0 saturated carbocycles. The molecule has 0 aliphatic carbocycles. The van der Waals surface area contributed by atoms with Gasteiger partial charge in [0.25, 0.3) is 0 Å². The van der Waals surface area contributed by atoms with Gasteiger partial charge in [-0.2, -0.15) is 0 Å². The zero-order chi connectivity index (χ0) is 9.26. The first-order valence-corrected chi connectivity index (χ1v) is 5.09. The third-order valence-corrected chi connectivity index (χ3v) is 3.08. The molecule has 0 radical (unpaired) electrons. The van der Waals surface area contributed by atoms with Gasteiger partial charge in [0.2, 0.25) is 0 Å². The highest BCUT2D eigenvalue weighted by Gasteiger charge is 2.00. The van der Waals surface area contributed by atoms with Gasteiger partial charge in [0.05, 0.1) is 6.61 Å². The molecule has 0 unspecified atom stereocenters. The largest absolute Gasteiger partial charge is 0.379 e.